The van der Waals surface area contributed by atoms with Crippen molar-refractivity contribution in [2.45, 2.75) is 0 Å². The molecule has 0 rings (SSSR count). The molecule has 0 aromatic heterocycles. The van der Waals surface area contributed by atoms with E-state index in [1.165, 1.54) is 0 Å². The van der Waals surface area contributed by atoms with Gasteiger partial charge in [-0.05, 0) is 14.1 Å². The van der Waals surface area contributed by atoms with Crippen LogP contribution in [0.25, 0.3) is 0 Å². The van der Waals surface area contributed by atoms with Gasteiger partial charge in [-0.1, -0.05) is 0 Å². The third kappa shape index (κ3) is 198. The maximum Gasteiger partial charge on any atom is 1.00 e. The first-order valence-electron chi connectivity index (χ1n) is 1.77. The number of nitrogens with one attached hydrogen (secondary N) is 1. The van der Waals surface area contributed by atoms with E-state index in [1.54, 1.807) is 0 Å². The van der Waals surface area contributed by atoms with Gasteiger partial charge in [0, 0.05) is 0 Å². The van der Waals surface area contributed by atoms with Crippen LogP contribution in [0.4, 0.5) is 0 Å². The predicted octanol–water partition coefficient (Wildman–Crippen LogP) is -4.72. The standard InChI is InChI=1S/C2H7N.K.H3O4P/c1-3-2;;1-5(2,3)4/h3H,1-2H3;;(H3,1,2,3,4)/q;+1;/p-1. The van der Waals surface area contributed by atoms with Gasteiger partial charge in [-0.2, -0.15) is 0 Å². The van der Waals surface area contributed by atoms with Crippen molar-refractivity contribution in [3.05, 3.63) is 0 Å². The Morgan fingerprint density at radius 1 is 1.44 bits per heavy atom. The van der Waals surface area contributed by atoms with Crippen molar-refractivity contribution in [3.63, 3.8) is 0 Å². The topological polar surface area (TPSA) is 92.6 Å². The van der Waals surface area contributed by atoms with E-state index < -0.39 is 7.82 Å². The summed E-state index contributed by atoms with van der Waals surface area (Å²) in [6, 6.07) is 0. The second-order valence-electron chi connectivity index (χ2n) is 0.991. The van der Waals surface area contributed by atoms with Gasteiger partial charge in [0.15, 0.2) is 0 Å². The molecular weight excluding hydrogens is 172 g/mol. The minimum Gasteiger partial charge on any atom is -0.756 e. The fourth-order valence-corrected chi connectivity index (χ4v) is 0. The molecule has 0 saturated heterocycles. The zero-order valence-corrected chi connectivity index (χ0v) is 9.68. The Kier molecular flexibility index (Phi) is 18.3. The van der Waals surface area contributed by atoms with Crippen molar-refractivity contribution in [2.75, 3.05) is 14.1 Å². The molecule has 7 heteroatoms. The molecule has 0 heterocycles. The summed E-state index contributed by atoms with van der Waals surface area (Å²) in [6.45, 7) is 0. The Morgan fingerprint density at radius 3 is 1.44 bits per heavy atom. The Bertz CT molecular complexity index is 74.4. The van der Waals surface area contributed by atoms with Crippen LogP contribution in [0, 0.1) is 0 Å². The smallest absolute Gasteiger partial charge is 0.756 e. The van der Waals surface area contributed by atoms with Crippen molar-refractivity contribution in [3.8, 4) is 0 Å². The van der Waals surface area contributed by atoms with E-state index >= 15 is 0 Å². The first kappa shape index (κ1) is 17.0. The third-order valence-electron chi connectivity index (χ3n) is 0. The third-order valence-corrected chi connectivity index (χ3v) is 0. The van der Waals surface area contributed by atoms with Gasteiger partial charge in [0.05, 0.1) is 0 Å². The number of phosphoric acid groups is 1. The average Bonchev–Trinajstić information content (AvgIpc) is 1.27. The summed E-state index contributed by atoms with van der Waals surface area (Å²) in [5.41, 5.74) is 0. The molecule has 0 saturated carbocycles. The second kappa shape index (κ2) is 9.71. The molecule has 5 nitrogen and oxygen atoms in total. The molecular formula is C2H9KNO4P. The van der Waals surface area contributed by atoms with E-state index in [4.69, 9.17) is 19.2 Å². The van der Waals surface area contributed by atoms with Crippen LogP contribution >= 0.6 is 7.82 Å². The number of rotatable bonds is 0. The van der Waals surface area contributed by atoms with Gasteiger partial charge in [0.2, 0.25) is 0 Å². The molecule has 3 N–H and O–H groups in total. The van der Waals surface area contributed by atoms with Crippen LogP contribution in [-0.2, 0) is 4.57 Å². The van der Waals surface area contributed by atoms with Crippen molar-refractivity contribution in [1.82, 2.24) is 5.32 Å². The minimum absolute atomic E-state index is 0. The SMILES string of the molecule is CNC.O=P([O-])(O)O.[K+]. The molecule has 0 fully saturated rings. The van der Waals surface area contributed by atoms with Crippen LogP contribution in [0.2, 0.25) is 0 Å². The number of hydrogen-bond acceptors (Lipinski definition) is 3. The van der Waals surface area contributed by atoms with Gasteiger partial charge in [0.1, 0.15) is 0 Å². The van der Waals surface area contributed by atoms with Gasteiger partial charge < -0.3 is 20.0 Å². The first-order valence-corrected chi connectivity index (χ1v) is 3.30. The van der Waals surface area contributed by atoms with Crippen LogP contribution in [0.5, 0.6) is 0 Å². The van der Waals surface area contributed by atoms with Crippen molar-refractivity contribution in [2.24, 2.45) is 0 Å². The fraction of sp³-hybridized carbons (Fsp3) is 1.00. The summed E-state index contributed by atoms with van der Waals surface area (Å²) in [6.07, 6.45) is 0. The summed E-state index contributed by atoms with van der Waals surface area (Å²) >= 11 is 0. The molecule has 52 valence electrons. The van der Waals surface area contributed by atoms with Crippen LogP contribution in [0.3, 0.4) is 0 Å². The largest absolute Gasteiger partial charge is 1.00 e. The van der Waals surface area contributed by atoms with Crippen molar-refractivity contribution in [1.29, 1.82) is 0 Å². The molecule has 0 unspecified atom stereocenters. The Balaban J connectivity index is -0.0000000800. The van der Waals surface area contributed by atoms with Gasteiger partial charge in [-0.15, -0.1) is 0 Å². The van der Waals surface area contributed by atoms with E-state index in [-0.39, 0.29) is 51.4 Å². The fourth-order valence-electron chi connectivity index (χ4n) is 0. The molecule has 0 aliphatic rings. The van der Waals surface area contributed by atoms with Gasteiger partial charge in [-0.25, -0.2) is 0 Å². The van der Waals surface area contributed by atoms with Crippen LogP contribution < -0.4 is 61.6 Å². The quantitative estimate of drug-likeness (QED) is 0.258. The molecule has 0 bridgehead atoms. The summed E-state index contributed by atoms with van der Waals surface area (Å²) in [4.78, 5) is 22.9. The Morgan fingerprint density at radius 2 is 1.44 bits per heavy atom. The van der Waals surface area contributed by atoms with Gasteiger partial charge in [0.25, 0.3) is 7.82 Å². The number of hydrogen-bond donors (Lipinski definition) is 3. The van der Waals surface area contributed by atoms with E-state index in [9.17, 15) is 0 Å². The van der Waals surface area contributed by atoms with E-state index in [1.807, 2.05) is 14.1 Å². The van der Waals surface area contributed by atoms with Crippen LogP contribution in [0.1, 0.15) is 0 Å². The Labute approximate surface area is 96.5 Å². The monoisotopic (exact) mass is 181 g/mol. The first-order chi connectivity index (χ1) is 3.41. The predicted molar refractivity (Wildman–Crippen MR) is 27.0 cm³/mol. The molecule has 0 amide bonds. The van der Waals surface area contributed by atoms with Crippen molar-refractivity contribution >= 4 is 7.82 Å². The molecule has 0 aromatic rings. The molecule has 0 aliphatic heterocycles. The van der Waals surface area contributed by atoms with Gasteiger partial charge >= 0.3 is 51.4 Å². The average molecular weight is 181 g/mol. The zero-order chi connectivity index (χ0) is 7.21. The maximum absolute atomic E-state index is 8.77. The summed E-state index contributed by atoms with van der Waals surface area (Å²) in [7, 11) is -1.14. The summed E-state index contributed by atoms with van der Waals surface area (Å²) in [5.74, 6) is 0. The molecule has 0 spiro atoms. The Hall–Kier alpha value is 1.71. The van der Waals surface area contributed by atoms with Crippen LogP contribution in [0.15, 0.2) is 0 Å². The van der Waals surface area contributed by atoms with E-state index in [0.29, 0.717) is 0 Å². The zero-order valence-electron chi connectivity index (χ0n) is 5.66. The molecule has 9 heavy (non-hydrogen) atoms. The summed E-state index contributed by atoms with van der Waals surface area (Å²) < 4.78 is 8.77. The maximum atomic E-state index is 8.77. The van der Waals surface area contributed by atoms with E-state index in [0.717, 1.165) is 0 Å². The van der Waals surface area contributed by atoms with Crippen molar-refractivity contribution < 1.29 is 70.6 Å². The normalized spacial score (nSPS) is 8.56. The second-order valence-corrected chi connectivity index (χ2v) is 1.97. The molecule has 0 aromatic carbocycles. The summed E-state index contributed by atoms with van der Waals surface area (Å²) in [5, 5.41) is 2.75. The van der Waals surface area contributed by atoms with E-state index in [2.05, 4.69) is 5.32 Å². The minimum atomic E-state index is -4.89. The van der Waals surface area contributed by atoms with Crippen LogP contribution in [-0.4, -0.2) is 23.9 Å². The molecule has 0 atom stereocenters. The van der Waals surface area contributed by atoms with Gasteiger partial charge in [-0.3, -0.25) is 4.57 Å². The molecule has 0 aliphatic carbocycles. The molecule has 0 radical (unpaired) electrons.